The molecule has 0 radical (unpaired) electrons. The van der Waals surface area contributed by atoms with Crippen molar-refractivity contribution in [2.45, 2.75) is 11.3 Å². The molecular formula is C16H18N2O3S. The van der Waals surface area contributed by atoms with Crippen LogP contribution in [0.4, 0.5) is 10.5 Å². The van der Waals surface area contributed by atoms with Crippen LogP contribution in [0.2, 0.25) is 0 Å². The predicted octanol–water partition coefficient (Wildman–Crippen LogP) is 2.49. The van der Waals surface area contributed by atoms with Crippen molar-refractivity contribution in [1.82, 2.24) is 5.32 Å². The van der Waals surface area contributed by atoms with E-state index >= 15 is 0 Å². The molecule has 0 heterocycles. The number of hydrogen-bond donors (Lipinski definition) is 3. The van der Waals surface area contributed by atoms with E-state index < -0.39 is 10.8 Å². The minimum atomic E-state index is -1.08. The van der Waals surface area contributed by atoms with Gasteiger partial charge in [0.1, 0.15) is 5.75 Å². The van der Waals surface area contributed by atoms with Crippen LogP contribution in [0.15, 0.2) is 53.4 Å². The van der Waals surface area contributed by atoms with Crippen LogP contribution in [0.5, 0.6) is 5.75 Å². The molecular weight excluding hydrogens is 300 g/mol. The van der Waals surface area contributed by atoms with Crippen molar-refractivity contribution in [2.24, 2.45) is 0 Å². The zero-order valence-corrected chi connectivity index (χ0v) is 13.0. The number of anilines is 1. The van der Waals surface area contributed by atoms with Crippen LogP contribution < -0.4 is 10.6 Å². The maximum Gasteiger partial charge on any atom is 0.319 e. The molecule has 2 aromatic rings. The van der Waals surface area contributed by atoms with Gasteiger partial charge in [-0.3, -0.25) is 4.21 Å². The average Bonchev–Trinajstić information content (AvgIpc) is 2.47. The fraction of sp³-hybridized carbons (Fsp3) is 0.188. The molecule has 3 N–H and O–H groups in total. The van der Waals surface area contributed by atoms with Crippen LogP contribution in [0.25, 0.3) is 0 Å². The molecule has 116 valence electrons. The van der Waals surface area contributed by atoms with Gasteiger partial charge in [0, 0.05) is 34.2 Å². The third-order valence-electron chi connectivity index (χ3n) is 3.03. The van der Waals surface area contributed by atoms with Gasteiger partial charge in [-0.05, 0) is 42.3 Å². The molecule has 0 aliphatic heterocycles. The van der Waals surface area contributed by atoms with E-state index in [9.17, 15) is 14.1 Å². The number of amides is 2. The van der Waals surface area contributed by atoms with Crippen LogP contribution in [0.3, 0.4) is 0 Å². The Kier molecular flexibility index (Phi) is 5.55. The average molecular weight is 318 g/mol. The molecule has 2 rings (SSSR count). The summed E-state index contributed by atoms with van der Waals surface area (Å²) in [5, 5.41) is 14.8. The molecule has 2 aromatic carbocycles. The standard InChI is InChI=1S/C16H18N2O3S/c1-22(21)15-7-3-5-13(11-15)18-16(20)17-9-8-12-4-2-6-14(19)10-12/h2-7,10-11,19H,8-9H2,1H3,(H2,17,18,20)/t22-/m0/s1. The van der Waals surface area contributed by atoms with Crippen LogP contribution in [-0.4, -0.2) is 28.1 Å². The first-order valence-corrected chi connectivity index (χ1v) is 8.36. The Morgan fingerprint density at radius 3 is 2.68 bits per heavy atom. The molecule has 0 aliphatic carbocycles. The van der Waals surface area contributed by atoms with Gasteiger partial charge in [-0.1, -0.05) is 18.2 Å². The number of carbonyl (C=O) groups excluding carboxylic acids is 1. The molecule has 0 bridgehead atoms. The normalized spacial score (nSPS) is 11.7. The number of carbonyl (C=O) groups is 1. The van der Waals surface area contributed by atoms with Crippen molar-refractivity contribution >= 4 is 22.5 Å². The summed E-state index contributed by atoms with van der Waals surface area (Å²) >= 11 is 0. The topological polar surface area (TPSA) is 78.4 Å². The number of nitrogens with one attached hydrogen (secondary N) is 2. The smallest absolute Gasteiger partial charge is 0.319 e. The second-order valence-corrected chi connectivity index (χ2v) is 6.16. The number of phenolic OH excluding ortho intramolecular Hbond substituents is 1. The summed E-state index contributed by atoms with van der Waals surface area (Å²) in [5.41, 5.74) is 1.55. The van der Waals surface area contributed by atoms with Gasteiger partial charge in [-0.25, -0.2) is 4.79 Å². The fourth-order valence-electron chi connectivity index (χ4n) is 1.96. The van der Waals surface area contributed by atoms with Crippen molar-refractivity contribution in [3.05, 3.63) is 54.1 Å². The Morgan fingerprint density at radius 2 is 1.95 bits per heavy atom. The van der Waals surface area contributed by atoms with Crippen molar-refractivity contribution in [3.8, 4) is 5.75 Å². The van der Waals surface area contributed by atoms with Crippen LogP contribution >= 0.6 is 0 Å². The summed E-state index contributed by atoms with van der Waals surface area (Å²) in [7, 11) is -1.08. The second-order valence-electron chi connectivity index (χ2n) is 4.78. The number of rotatable bonds is 5. The van der Waals surface area contributed by atoms with Crippen molar-refractivity contribution < 1.29 is 14.1 Å². The lowest BCUT2D eigenvalue weighted by Gasteiger charge is -2.08. The van der Waals surface area contributed by atoms with E-state index in [0.717, 1.165) is 5.56 Å². The highest BCUT2D eigenvalue weighted by Gasteiger charge is 2.04. The zero-order valence-electron chi connectivity index (χ0n) is 12.2. The van der Waals surface area contributed by atoms with Gasteiger partial charge in [0.15, 0.2) is 0 Å². The quantitative estimate of drug-likeness (QED) is 0.792. The lowest BCUT2D eigenvalue weighted by atomic mass is 10.1. The van der Waals surface area contributed by atoms with E-state index in [1.807, 2.05) is 6.07 Å². The van der Waals surface area contributed by atoms with E-state index in [1.165, 1.54) is 0 Å². The van der Waals surface area contributed by atoms with Crippen molar-refractivity contribution in [1.29, 1.82) is 0 Å². The second kappa shape index (κ2) is 7.61. The SMILES string of the molecule is C[S@](=O)c1cccc(NC(=O)NCCc2cccc(O)c2)c1. The summed E-state index contributed by atoms with van der Waals surface area (Å²) in [4.78, 5) is 12.5. The molecule has 0 saturated heterocycles. The van der Waals surface area contributed by atoms with E-state index in [4.69, 9.17) is 0 Å². The molecule has 5 nitrogen and oxygen atoms in total. The highest BCUT2D eigenvalue weighted by molar-refractivity contribution is 7.84. The zero-order chi connectivity index (χ0) is 15.9. The van der Waals surface area contributed by atoms with Gasteiger partial charge in [-0.2, -0.15) is 0 Å². The maximum absolute atomic E-state index is 11.8. The lowest BCUT2D eigenvalue weighted by Crippen LogP contribution is -2.30. The predicted molar refractivity (Wildman–Crippen MR) is 87.6 cm³/mol. The summed E-state index contributed by atoms with van der Waals surface area (Å²) in [6.45, 7) is 0.453. The maximum atomic E-state index is 11.8. The fourth-order valence-corrected chi connectivity index (χ4v) is 2.52. The lowest BCUT2D eigenvalue weighted by molar-refractivity contribution is 0.252. The molecule has 0 aromatic heterocycles. The Labute approximate surface area is 131 Å². The van der Waals surface area contributed by atoms with Gasteiger partial charge in [-0.15, -0.1) is 0 Å². The Bertz CT molecular complexity index is 689. The van der Waals surface area contributed by atoms with E-state index in [1.54, 1.807) is 48.7 Å². The van der Waals surface area contributed by atoms with E-state index in [2.05, 4.69) is 10.6 Å². The summed E-state index contributed by atoms with van der Waals surface area (Å²) in [6.07, 6.45) is 2.22. The molecule has 0 aliphatic rings. The van der Waals surface area contributed by atoms with Crippen LogP contribution in [0, 0.1) is 0 Å². The third kappa shape index (κ3) is 4.89. The minimum Gasteiger partial charge on any atom is -0.508 e. The van der Waals surface area contributed by atoms with Gasteiger partial charge in [0.05, 0.1) is 0 Å². The molecule has 0 fully saturated rings. The largest absolute Gasteiger partial charge is 0.508 e. The van der Waals surface area contributed by atoms with Gasteiger partial charge in [0.2, 0.25) is 0 Å². The first-order chi connectivity index (χ1) is 10.5. The van der Waals surface area contributed by atoms with Gasteiger partial charge >= 0.3 is 6.03 Å². The first kappa shape index (κ1) is 16.0. The molecule has 22 heavy (non-hydrogen) atoms. The summed E-state index contributed by atoms with van der Waals surface area (Å²) in [5.74, 6) is 0.214. The van der Waals surface area contributed by atoms with E-state index in [0.29, 0.717) is 23.5 Å². The molecule has 0 unspecified atom stereocenters. The Morgan fingerprint density at radius 1 is 1.18 bits per heavy atom. The molecule has 2 amide bonds. The van der Waals surface area contributed by atoms with Gasteiger partial charge in [0.25, 0.3) is 0 Å². The molecule has 1 atom stereocenters. The summed E-state index contributed by atoms with van der Waals surface area (Å²) < 4.78 is 11.4. The van der Waals surface area contributed by atoms with Crippen LogP contribution in [0.1, 0.15) is 5.56 Å². The number of aromatic hydroxyl groups is 1. The monoisotopic (exact) mass is 318 g/mol. The molecule has 0 spiro atoms. The Balaban J connectivity index is 1.83. The molecule has 0 saturated carbocycles. The van der Waals surface area contributed by atoms with Gasteiger partial charge < -0.3 is 15.7 Å². The summed E-state index contributed by atoms with van der Waals surface area (Å²) in [6, 6.07) is 13.5. The van der Waals surface area contributed by atoms with E-state index in [-0.39, 0.29) is 11.8 Å². The van der Waals surface area contributed by atoms with Crippen molar-refractivity contribution in [2.75, 3.05) is 18.1 Å². The first-order valence-electron chi connectivity index (χ1n) is 6.81. The number of benzene rings is 2. The third-order valence-corrected chi connectivity index (χ3v) is 3.95. The highest BCUT2D eigenvalue weighted by atomic mass is 32.2. The van der Waals surface area contributed by atoms with Crippen molar-refractivity contribution in [3.63, 3.8) is 0 Å². The Hall–Kier alpha value is -2.34. The highest BCUT2D eigenvalue weighted by Crippen LogP contribution is 2.13. The number of hydrogen-bond acceptors (Lipinski definition) is 3. The minimum absolute atomic E-state index is 0.214. The van der Waals surface area contributed by atoms with Crippen LogP contribution in [-0.2, 0) is 17.2 Å². The number of phenols is 1. The molecule has 6 heteroatoms. The number of urea groups is 1.